The first-order chi connectivity index (χ1) is 15.1. The quantitative estimate of drug-likeness (QED) is 0.357. The Morgan fingerprint density at radius 1 is 1.34 bits per heavy atom. The smallest absolute Gasteiger partial charge is 0.404 e. The number of nitrogens with one attached hydrogen (secondary N) is 1. The van der Waals surface area contributed by atoms with Gasteiger partial charge in [-0.1, -0.05) is 17.7 Å². The molecular formula is C20H22ClF3N4O4. The fourth-order valence-electron chi connectivity index (χ4n) is 2.63. The van der Waals surface area contributed by atoms with Gasteiger partial charge in [0.25, 0.3) is 5.91 Å². The van der Waals surface area contributed by atoms with Gasteiger partial charge in [0.2, 0.25) is 0 Å². The SMILES string of the molecule is Cc1nc(C(=CN)C(=O)NCCOCCO)ncc1Cc1ccc(Cl)c(OC(F)(F)F)c1. The van der Waals surface area contributed by atoms with Crippen molar-refractivity contribution in [3.05, 3.63) is 58.3 Å². The molecule has 0 aliphatic rings. The van der Waals surface area contributed by atoms with E-state index < -0.39 is 18.0 Å². The molecule has 0 atom stereocenters. The van der Waals surface area contributed by atoms with Crippen molar-refractivity contribution in [2.75, 3.05) is 26.4 Å². The van der Waals surface area contributed by atoms with Crippen LogP contribution >= 0.6 is 11.6 Å². The highest BCUT2D eigenvalue weighted by molar-refractivity contribution is 6.32. The molecule has 1 aromatic heterocycles. The Hall–Kier alpha value is -2.89. The lowest BCUT2D eigenvalue weighted by atomic mass is 10.0. The van der Waals surface area contributed by atoms with Gasteiger partial charge in [0.15, 0.2) is 5.82 Å². The number of carbonyl (C=O) groups excluding carboxylic acids is 1. The maximum atomic E-state index is 12.5. The van der Waals surface area contributed by atoms with E-state index in [-0.39, 0.29) is 49.2 Å². The van der Waals surface area contributed by atoms with Crippen LogP contribution in [-0.2, 0) is 16.0 Å². The minimum atomic E-state index is -4.86. The molecule has 0 unspecified atom stereocenters. The van der Waals surface area contributed by atoms with E-state index in [1.54, 1.807) is 13.0 Å². The van der Waals surface area contributed by atoms with Crippen molar-refractivity contribution in [2.24, 2.45) is 5.73 Å². The number of nitrogens with two attached hydrogens (primary N) is 1. The number of nitrogens with zero attached hydrogens (tertiary/aromatic N) is 2. The molecule has 0 aliphatic carbocycles. The molecule has 1 aromatic carbocycles. The third-order valence-electron chi connectivity index (χ3n) is 4.12. The molecule has 0 fully saturated rings. The van der Waals surface area contributed by atoms with E-state index in [1.165, 1.54) is 18.3 Å². The van der Waals surface area contributed by atoms with Gasteiger partial charge in [-0.05, 0) is 30.2 Å². The molecule has 1 heterocycles. The minimum absolute atomic E-state index is 0.0502. The summed E-state index contributed by atoms with van der Waals surface area (Å²) in [5.74, 6) is -0.904. The molecule has 12 heteroatoms. The molecule has 0 aliphatic heterocycles. The van der Waals surface area contributed by atoms with E-state index in [1.807, 2.05) is 0 Å². The minimum Gasteiger partial charge on any atom is -0.404 e. The normalized spacial score (nSPS) is 12.0. The summed E-state index contributed by atoms with van der Waals surface area (Å²) in [5, 5.41) is 11.1. The van der Waals surface area contributed by atoms with E-state index in [4.69, 9.17) is 27.2 Å². The second-order valence-corrected chi connectivity index (χ2v) is 6.87. The van der Waals surface area contributed by atoms with Crippen molar-refractivity contribution in [2.45, 2.75) is 19.7 Å². The third-order valence-corrected chi connectivity index (χ3v) is 4.43. The van der Waals surface area contributed by atoms with Crippen LogP contribution in [0.1, 0.15) is 22.6 Å². The van der Waals surface area contributed by atoms with Gasteiger partial charge >= 0.3 is 6.36 Å². The van der Waals surface area contributed by atoms with Gasteiger partial charge in [-0.2, -0.15) is 0 Å². The van der Waals surface area contributed by atoms with Crippen molar-refractivity contribution in [1.82, 2.24) is 15.3 Å². The molecule has 0 spiro atoms. The Bertz CT molecular complexity index is 970. The van der Waals surface area contributed by atoms with E-state index in [9.17, 15) is 18.0 Å². The number of amides is 1. The number of carbonyl (C=O) groups is 1. The Labute approximate surface area is 187 Å². The van der Waals surface area contributed by atoms with Crippen LogP contribution in [-0.4, -0.2) is 53.7 Å². The first-order valence-electron chi connectivity index (χ1n) is 9.40. The maximum absolute atomic E-state index is 12.5. The Morgan fingerprint density at radius 2 is 2.09 bits per heavy atom. The molecule has 0 saturated heterocycles. The van der Waals surface area contributed by atoms with Gasteiger partial charge < -0.3 is 25.6 Å². The van der Waals surface area contributed by atoms with Gasteiger partial charge in [0.05, 0.1) is 30.4 Å². The molecule has 0 bridgehead atoms. The maximum Gasteiger partial charge on any atom is 0.573 e. The largest absolute Gasteiger partial charge is 0.573 e. The number of hydrogen-bond donors (Lipinski definition) is 3. The zero-order chi connectivity index (χ0) is 23.7. The fourth-order valence-corrected chi connectivity index (χ4v) is 2.78. The number of aliphatic hydroxyl groups excluding tert-OH is 1. The number of hydrogen-bond acceptors (Lipinski definition) is 7. The van der Waals surface area contributed by atoms with Crippen molar-refractivity contribution >= 4 is 23.1 Å². The molecule has 2 rings (SSSR count). The second-order valence-electron chi connectivity index (χ2n) is 6.47. The molecule has 8 nitrogen and oxygen atoms in total. The summed E-state index contributed by atoms with van der Waals surface area (Å²) in [6, 6.07) is 4.07. The van der Waals surface area contributed by atoms with Crippen LogP contribution in [0.25, 0.3) is 5.57 Å². The summed E-state index contributed by atoms with van der Waals surface area (Å²) in [4.78, 5) is 20.8. The zero-order valence-electron chi connectivity index (χ0n) is 17.1. The Kier molecular flexibility index (Phi) is 9.24. The summed E-state index contributed by atoms with van der Waals surface area (Å²) >= 11 is 5.77. The molecule has 2 aromatic rings. The lowest BCUT2D eigenvalue weighted by Gasteiger charge is -2.13. The average Bonchev–Trinajstić information content (AvgIpc) is 2.71. The molecule has 32 heavy (non-hydrogen) atoms. The van der Waals surface area contributed by atoms with Crippen LogP contribution < -0.4 is 15.8 Å². The number of halogens is 4. The number of aryl methyl sites for hydroxylation is 1. The standard InChI is InChI=1S/C20H22ClF3N4O4/c1-12-14(8-13-2-3-16(21)17(9-13)32-20(22,23)24)11-27-18(28-12)15(10-25)19(30)26-4-6-31-7-5-29/h2-3,9-11,29H,4-8,25H2,1H3,(H,26,30). The van der Waals surface area contributed by atoms with Crippen molar-refractivity contribution in [3.8, 4) is 5.75 Å². The molecule has 174 valence electrons. The number of alkyl halides is 3. The number of benzene rings is 1. The highest BCUT2D eigenvalue weighted by Crippen LogP contribution is 2.31. The monoisotopic (exact) mass is 474 g/mol. The Morgan fingerprint density at radius 3 is 2.72 bits per heavy atom. The summed E-state index contributed by atoms with van der Waals surface area (Å²) in [5.41, 5.74) is 7.26. The fraction of sp³-hybridized carbons (Fsp3) is 0.350. The highest BCUT2D eigenvalue weighted by atomic mass is 35.5. The van der Waals surface area contributed by atoms with Crippen LogP contribution in [0.15, 0.2) is 30.6 Å². The summed E-state index contributed by atoms with van der Waals surface area (Å²) < 4.78 is 46.6. The lowest BCUT2D eigenvalue weighted by molar-refractivity contribution is -0.274. The van der Waals surface area contributed by atoms with E-state index in [0.29, 0.717) is 16.8 Å². The zero-order valence-corrected chi connectivity index (χ0v) is 17.8. The van der Waals surface area contributed by atoms with Crippen molar-refractivity contribution in [3.63, 3.8) is 0 Å². The van der Waals surface area contributed by atoms with Gasteiger partial charge in [0.1, 0.15) is 5.75 Å². The van der Waals surface area contributed by atoms with Crippen LogP contribution in [0.2, 0.25) is 5.02 Å². The number of rotatable bonds is 10. The number of aromatic nitrogens is 2. The highest BCUT2D eigenvalue weighted by Gasteiger charge is 2.32. The summed E-state index contributed by atoms with van der Waals surface area (Å²) in [6.07, 6.45) is -2.09. The first-order valence-corrected chi connectivity index (χ1v) is 9.78. The van der Waals surface area contributed by atoms with Gasteiger partial charge in [0, 0.05) is 31.1 Å². The molecule has 0 saturated carbocycles. The van der Waals surface area contributed by atoms with E-state index >= 15 is 0 Å². The van der Waals surface area contributed by atoms with Gasteiger partial charge in [-0.15, -0.1) is 13.2 Å². The summed E-state index contributed by atoms with van der Waals surface area (Å²) in [6.45, 7) is 2.14. The first kappa shape index (κ1) is 25.4. The van der Waals surface area contributed by atoms with Gasteiger partial charge in [-0.25, -0.2) is 9.97 Å². The van der Waals surface area contributed by atoms with Crippen LogP contribution in [0, 0.1) is 6.92 Å². The van der Waals surface area contributed by atoms with Crippen LogP contribution in [0.5, 0.6) is 5.75 Å². The third kappa shape index (κ3) is 7.66. The second kappa shape index (κ2) is 11.7. The predicted octanol–water partition coefficient (Wildman–Crippen LogP) is 2.35. The van der Waals surface area contributed by atoms with Crippen LogP contribution in [0.4, 0.5) is 13.2 Å². The molecule has 1 amide bonds. The van der Waals surface area contributed by atoms with Crippen molar-refractivity contribution < 1.29 is 32.5 Å². The average molecular weight is 475 g/mol. The Balaban J connectivity index is 2.11. The van der Waals surface area contributed by atoms with Crippen LogP contribution in [0.3, 0.4) is 0 Å². The van der Waals surface area contributed by atoms with Gasteiger partial charge in [-0.3, -0.25) is 4.79 Å². The topological polar surface area (TPSA) is 120 Å². The molecular weight excluding hydrogens is 453 g/mol. The summed E-state index contributed by atoms with van der Waals surface area (Å²) in [7, 11) is 0. The number of aliphatic hydroxyl groups is 1. The van der Waals surface area contributed by atoms with Crippen molar-refractivity contribution in [1.29, 1.82) is 0 Å². The predicted molar refractivity (Wildman–Crippen MR) is 111 cm³/mol. The van der Waals surface area contributed by atoms with E-state index in [0.717, 1.165) is 6.20 Å². The molecule has 4 N–H and O–H groups in total. The number of ether oxygens (including phenoxy) is 2. The van der Waals surface area contributed by atoms with E-state index in [2.05, 4.69) is 20.0 Å². The lowest BCUT2D eigenvalue weighted by Crippen LogP contribution is -2.29. The molecule has 0 radical (unpaired) electrons.